The van der Waals surface area contributed by atoms with Crippen LogP contribution in [-0.2, 0) is 14.6 Å². The van der Waals surface area contributed by atoms with E-state index in [4.69, 9.17) is 11.6 Å². The van der Waals surface area contributed by atoms with Crippen LogP contribution >= 0.6 is 11.6 Å². The number of fused-ring (bicyclic) bond motifs is 1. The maximum atomic E-state index is 13.8. The summed E-state index contributed by atoms with van der Waals surface area (Å²) in [5.74, 6) is -1.12. The first-order chi connectivity index (χ1) is 17.1. The molecule has 1 heterocycles. The van der Waals surface area contributed by atoms with Gasteiger partial charge in [-0.25, -0.2) is 8.42 Å². The molecule has 0 radical (unpaired) electrons. The molecule has 36 heavy (non-hydrogen) atoms. The Hall–Kier alpha value is -3.62. The summed E-state index contributed by atoms with van der Waals surface area (Å²) in [5.41, 5.74) is 2.76. The van der Waals surface area contributed by atoms with Gasteiger partial charge in [0.1, 0.15) is 10.6 Å². The topological polar surface area (TPSA) is 108 Å². The van der Waals surface area contributed by atoms with Crippen molar-refractivity contribution in [1.29, 1.82) is 0 Å². The van der Waals surface area contributed by atoms with Gasteiger partial charge in [-0.05, 0) is 67.8 Å². The summed E-state index contributed by atoms with van der Waals surface area (Å²) in [6.45, 7) is 5.13. The van der Waals surface area contributed by atoms with Crippen molar-refractivity contribution >= 4 is 44.2 Å². The lowest BCUT2D eigenvalue weighted by Gasteiger charge is -2.14. The van der Waals surface area contributed by atoms with Gasteiger partial charge in [0.2, 0.25) is 15.7 Å². The second kappa shape index (κ2) is 10.2. The van der Waals surface area contributed by atoms with Crippen LogP contribution in [0.4, 0.5) is 0 Å². The van der Waals surface area contributed by atoms with Crippen LogP contribution in [0.3, 0.4) is 0 Å². The number of hydrogen-bond acceptors (Lipinski definition) is 4. The number of sulfone groups is 1. The molecule has 4 rings (SSSR count). The molecule has 3 N–H and O–H groups in total. The number of halogens is 1. The molecule has 0 bridgehead atoms. The molecule has 2 amide bonds. The number of aromatic nitrogens is 1. The number of hydrogen-bond donors (Lipinski definition) is 3. The van der Waals surface area contributed by atoms with Crippen molar-refractivity contribution in [2.24, 2.45) is 0 Å². The summed E-state index contributed by atoms with van der Waals surface area (Å²) in [4.78, 5) is 28.5. The Morgan fingerprint density at radius 2 is 1.64 bits per heavy atom. The van der Waals surface area contributed by atoms with Crippen molar-refractivity contribution in [1.82, 2.24) is 15.6 Å². The maximum absolute atomic E-state index is 13.8. The van der Waals surface area contributed by atoms with Gasteiger partial charge in [0, 0.05) is 15.9 Å². The highest BCUT2D eigenvalue weighted by molar-refractivity contribution is 7.91. The van der Waals surface area contributed by atoms with Crippen LogP contribution < -0.4 is 10.6 Å². The maximum Gasteiger partial charge on any atom is 0.269 e. The van der Waals surface area contributed by atoms with E-state index in [-0.39, 0.29) is 28.1 Å². The van der Waals surface area contributed by atoms with Gasteiger partial charge in [0.15, 0.2) is 0 Å². The molecule has 0 aliphatic carbocycles. The molecule has 0 saturated carbocycles. The van der Waals surface area contributed by atoms with Crippen molar-refractivity contribution in [3.05, 3.63) is 94.1 Å². The van der Waals surface area contributed by atoms with Crippen molar-refractivity contribution in [2.75, 3.05) is 6.54 Å². The van der Waals surface area contributed by atoms with E-state index in [0.29, 0.717) is 15.9 Å². The average Bonchev–Trinajstić information content (AvgIpc) is 3.22. The first-order valence-corrected chi connectivity index (χ1v) is 13.2. The molecule has 1 atom stereocenters. The Balaban J connectivity index is 1.65. The molecular formula is C27H26ClN3O4S. The van der Waals surface area contributed by atoms with Gasteiger partial charge >= 0.3 is 0 Å². The predicted octanol–water partition coefficient (Wildman–Crippen LogP) is 4.88. The van der Waals surface area contributed by atoms with Gasteiger partial charge in [-0.2, -0.15) is 0 Å². The Morgan fingerprint density at radius 1 is 0.972 bits per heavy atom. The fraction of sp³-hybridized carbons (Fsp3) is 0.185. The van der Waals surface area contributed by atoms with E-state index < -0.39 is 21.7 Å². The summed E-state index contributed by atoms with van der Waals surface area (Å²) in [5, 5.41) is 5.99. The number of carbonyl (C=O) groups excluding carboxylic acids is 2. The second-order valence-electron chi connectivity index (χ2n) is 8.73. The van der Waals surface area contributed by atoms with Crippen LogP contribution in [0.5, 0.6) is 0 Å². The van der Waals surface area contributed by atoms with Crippen molar-refractivity contribution in [3.8, 4) is 0 Å². The summed E-state index contributed by atoms with van der Waals surface area (Å²) in [6.07, 6.45) is 0. The van der Waals surface area contributed by atoms with Gasteiger partial charge in [0.25, 0.3) is 5.91 Å². The van der Waals surface area contributed by atoms with Gasteiger partial charge < -0.3 is 15.6 Å². The molecule has 1 unspecified atom stereocenters. The number of aromatic amines is 1. The van der Waals surface area contributed by atoms with Crippen molar-refractivity contribution in [2.45, 2.75) is 36.6 Å². The first kappa shape index (κ1) is 25.5. The molecule has 0 aliphatic heterocycles. The fourth-order valence-electron chi connectivity index (χ4n) is 4.15. The lowest BCUT2D eigenvalue weighted by atomic mass is 10.1. The average molecular weight is 524 g/mol. The number of nitrogens with one attached hydrogen (secondary N) is 3. The molecule has 0 aliphatic rings. The smallest absolute Gasteiger partial charge is 0.269 e. The fourth-order valence-corrected chi connectivity index (χ4v) is 6.11. The minimum absolute atomic E-state index is 0.0735. The summed E-state index contributed by atoms with van der Waals surface area (Å²) in [7, 11) is -4.10. The Morgan fingerprint density at radius 3 is 2.31 bits per heavy atom. The Labute approximate surface area is 214 Å². The van der Waals surface area contributed by atoms with Crippen LogP contribution in [-0.4, -0.2) is 31.8 Å². The highest BCUT2D eigenvalue weighted by Crippen LogP contribution is 2.34. The number of aryl methyl sites for hydroxylation is 2. The van der Waals surface area contributed by atoms with Crippen molar-refractivity contribution in [3.63, 3.8) is 0 Å². The van der Waals surface area contributed by atoms with E-state index >= 15 is 0 Å². The lowest BCUT2D eigenvalue weighted by molar-refractivity contribution is -0.120. The molecule has 9 heteroatoms. The van der Waals surface area contributed by atoms with E-state index in [9.17, 15) is 18.0 Å². The minimum atomic E-state index is -4.10. The van der Waals surface area contributed by atoms with Crippen LogP contribution in [0.15, 0.2) is 76.5 Å². The molecule has 7 nitrogen and oxygen atoms in total. The SMILES string of the molecule is Cc1cc(C)cc(S(=O)(=O)c2c(C(=O)NCC(=O)NC(C)c3ccccc3)[nH]c3ccc(Cl)cc23)c1. The molecule has 1 aromatic heterocycles. The number of carbonyl (C=O) groups is 2. The number of benzene rings is 3. The summed E-state index contributed by atoms with van der Waals surface area (Å²) in [6, 6.07) is 18.9. The molecular weight excluding hydrogens is 498 g/mol. The third-order valence-corrected chi connectivity index (χ3v) is 7.85. The second-order valence-corrected chi connectivity index (χ2v) is 11.1. The van der Waals surface area contributed by atoms with Crippen LogP contribution in [0.25, 0.3) is 10.9 Å². The van der Waals surface area contributed by atoms with Gasteiger partial charge in [0.05, 0.1) is 17.5 Å². The van der Waals surface area contributed by atoms with Crippen LogP contribution in [0.2, 0.25) is 5.02 Å². The van der Waals surface area contributed by atoms with E-state index in [0.717, 1.165) is 16.7 Å². The first-order valence-electron chi connectivity index (χ1n) is 11.3. The third kappa shape index (κ3) is 5.29. The van der Waals surface area contributed by atoms with Gasteiger partial charge in [-0.3, -0.25) is 9.59 Å². The lowest BCUT2D eigenvalue weighted by Crippen LogP contribution is -2.38. The standard InChI is InChI=1S/C27H26ClN3O4S/c1-16-11-17(2)13-21(12-16)36(34,35)26-22-14-20(28)9-10-23(22)31-25(26)27(33)29-15-24(32)30-18(3)19-7-5-4-6-8-19/h4-14,18,31H,15H2,1-3H3,(H,29,33)(H,30,32). The Kier molecular flexibility index (Phi) is 7.19. The molecule has 4 aromatic rings. The zero-order valence-corrected chi connectivity index (χ0v) is 21.6. The Bertz CT molecular complexity index is 1540. The third-order valence-electron chi connectivity index (χ3n) is 5.80. The molecule has 186 valence electrons. The van der Waals surface area contributed by atoms with E-state index in [2.05, 4.69) is 15.6 Å². The highest BCUT2D eigenvalue weighted by Gasteiger charge is 2.30. The molecule has 0 spiro atoms. The molecule has 0 saturated heterocycles. The van der Waals surface area contributed by atoms with E-state index in [1.54, 1.807) is 38.1 Å². The largest absolute Gasteiger partial charge is 0.349 e. The predicted molar refractivity (Wildman–Crippen MR) is 140 cm³/mol. The quantitative estimate of drug-likeness (QED) is 0.321. The van der Waals surface area contributed by atoms with Crippen LogP contribution in [0, 0.1) is 13.8 Å². The van der Waals surface area contributed by atoms with Crippen LogP contribution in [0.1, 0.15) is 40.1 Å². The number of amides is 2. The highest BCUT2D eigenvalue weighted by atomic mass is 35.5. The number of H-pyrrole nitrogens is 1. The van der Waals surface area contributed by atoms with Crippen molar-refractivity contribution < 1.29 is 18.0 Å². The summed E-state index contributed by atoms with van der Waals surface area (Å²) < 4.78 is 27.5. The monoisotopic (exact) mass is 523 g/mol. The zero-order chi connectivity index (χ0) is 26.0. The van der Waals surface area contributed by atoms with E-state index in [1.807, 2.05) is 43.3 Å². The van der Waals surface area contributed by atoms with E-state index in [1.165, 1.54) is 6.07 Å². The molecule has 0 fully saturated rings. The minimum Gasteiger partial charge on any atom is -0.349 e. The van der Waals surface area contributed by atoms with Gasteiger partial charge in [-0.1, -0.05) is 48.0 Å². The van der Waals surface area contributed by atoms with Gasteiger partial charge in [-0.15, -0.1) is 0 Å². The molecule has 3 aromatic carbocycles. The zero-order valence-electron chi connectivity index (χ0n) is 20.1. The normalized spacial score (nSPS) is 12.3. The number of rotatable bonds is 7. The summed E-state index contributed by atoms with van der Waals surface area (Å²) >= 11 is 6.17.